The first-order valence-corrected chi connectivity index (χ1v) is 6.81. The number of nitrogens with zero attached hydrogens (tertiary/aromatic N) is 1. The molecule has 0 aromatic heterocycles. The third kappa shape index (κ3) is 5.74. The van der Waals surface area contributed by atoms with E-state index in [2.05, 4.69) is 0 Å². The van der Waals surface area contributed by atoms with Crippen molar-refractivity contribution >= 4 is 17.3 Å². The molecule has 0 spiro atoms. The summed E-state index contributed by atoms with van der Waals surface area (Å²) in [7, 11) is 1.34. The number of nitro groups is 1. The lowest BCUT2D eigenvalue weighted by Gasteiger charge is -2.10. The van der Waals surface area contributed by atoms with Gasteiger partial charge in [0.05, 0.1) is 23.7 Å². The van der Waals surface area contributed by atoms with Gasteiger partial charge in [-0.25, -0.2) is 0 Å². The number of rotatable bonds is 10. The van der Waals surface area contributed by atoms with E-state index < -0.39 is 4.92 Å². The number of ether oxygens (including phenoxy) is 3. The second-order valence-corrected chi connectivity index (χ2v) is 4.51. The molecule has 1 rings (SSSR count). The predicted octanol–water partition coefficient (Wildman–Crippen LogP) is 2.42. The summed E-state index contributed by atoms with van der Waals surface area (Å²) in [6, 6.07) is 2.60. The van der Waals surface area contributed by atoms with E-state index in [1.165, 1.54) is 19.2 Å². The molecule has 0 unspecified atom stereocenters. The summed E-state index contributed by atoms with van der Waals surface area (Å²) in [4.78, 5) is 10.3. The molecule has 0 fully saturated rings. The Balaban J connectivity index is 2.50. The van der Waals surface area contributed by atoms with Crippen molar-refractivity contribution in [3.63, 3.8) is 0 Å². The molecule has 0 saturated carbocycles. The summed E-state index contributed by atoms with van der Waals surface area (Å²) in [6.45, 7) is 1.47. The van der Waals surface area contributed by atoms with Crippen LogP contribution in [0.5, 0.6) is 11.5 Å². The highest BCUT2D eigenvalue weighted by molar-refractivity contribution is 6.32. The van der Waals surface area contributed by atoms with Gasteiger partial charge >= 0.3 is 5.69 Å². The lowest BCUT2D eigenvalue weighted by Crippen LogP contribution is -2.05. The summed E-state index contributed by atoms with van der Waals surface area (Å²) in [6.07, 6.45) is 1.24. The first-order valence-electron chi connectivity index (χ1n) is 6.43. The number of nitro benzene ring substituents is 1. The van der Waals surface area contributed by atoms with Crippen LogP contribution in [0.3, 0.4) is 0 Å². The maximum Gasteiger partial charge on any atom is 0.312 e. The predicted molar refractivity (Wildman–Crippen MR) is 77.3 cm³/mol. The number of hydrogen-bond acceptors (Lipinski definition) is 6. The maximum absolute atomic E-state index is 10.8. The number of aliphatic hydroxyl groups is 1. The van der Waals surface area contributed by atoms with Crippen molar-refractivity contribution in [2.75, 3.05) is 33.5 Å². The minimum absolute atomic E-state index is 0.0959. The SMILES string of the molecule is COc1cc(OCCCOCCCO)c(Cl)cc1[N+](=O)[O-]. The van der Waals surface area contributed by atoms with E-state index in [1.807, 2.05) is 0 Å². The van der Waals surface area contributed by atoms with Crippen molar-refractivity contribution in [2.45, 2.75) is 12.8 Å². The monoisotopic (exact) mass is 319 g/mol. The zero-order valence-corrected chi connectivity index (χ0v) is 12.5. The molecule has 0 radical (unpaired) electrons. The molecule has 21 heavy (non-hydrogen) atoms. The fourth-order valence-corrected chi connectivity index (χ4v) is 1.77. The van der Waals surface area contributed by atoms with Crippen LogP contribution in [0.25, 0.3) is 0 Å². The van der Waals surface area contributed by atoms with Crippen molar-refractivity contribution in [1.29, 1.82) is 0 Å². The van der Waals surface area contributed by atoms with Gasteiger partial charge in [-0.05, 0) is 6.42 Å². The molecular weight excluding hydrogens is 302 g/mol. The smallest absolute Gasteiger partial charge is 0.312 e. The van der Waals surface area contributed by atoms with Gasteiger partial charge in [0.1, 0.15) is 5.75 Å². The summed E-state index contributed by atoms with van der Waals surface area (Å²) < 4.78 is 15.7. The highest BCUT2D eigenvalue weighted by Gasteiger charge is 2.18. The van der Waals surface area contributed by atoms with Crippen LogP contribution >= 0.6 is 11.6 Å². The van der Waals surface area contributed by atoms with Gasteiger partial charge in [-0.3, -0.25) is 10.1 Å². The van der Waals surface area contributed by atoms with Crippen LogP contribution in [0.2, 0.25) is 5.02 Å². The Kier molecular flexibility index (Phi) is 7.81. The second-order valence-electron chi connectivity index (χ2n) is 4.10. The Morgan fingerprint density at radius 2 is 1.95 bits per heavy atom. The molecule has 0 saturated heterocycles. The fraction of sp³-hybridized carbons (Fsp3) is 0.538. The Hall–Kier alpha value is -1.57. The Morgan fingerprint density at radius 3 is 2.57 bits per heavy atom. The van der Waals surface area contributed by atoms with E-state index in [4.69, 9.17) is 30.9 Å². The Labute approximate surface area is 127 Å². The van der Waals surface area contributed by atoms with Gasteiger partial charge in [0.2, 0.25) is 5.75 Å². The summed E-state index contributed by atoms with van der Waals surface area (Å²) in [5, 5.41) is 19.6. The van der Waals surface area contributed by atoms with E-state index in [-0.39, 0.29) is 23.1 Å². The van der Waals surface area contributed by atoms with Gasteiger partial charge in [-0.15, -0.1) is 0 Å². The summed E-state index contributed by atoms with van der Waals surface area (Å²) in [5.41, 5.74) is -0.206. The van der Waals surface area contributed by atoms with Crippen LogP contribution < -0.4 is 9.47 Å². The molecule has 1 aromatic rings. The number of aliphatic hydroxyl groups excluding tert-OH is 1. The Morgan fingerprint density at radius 1 is 1.24 bits per heavy atom. The van der Waals surface area contributed by atoms with Crippen LogP contribution in [0, 0.1) is 10.1 Å². The number of halogens is 1. The van der Waals surface area contributed by atoms with Crippen LogP contribution in [-0.2, 0) is 4.74 Å². The fourth-order valence-electron chi connectivity index (χ4n) is 1.55. The van der Waals surface area contributed by atoms with E-state index in [0.717, 1.165) is 0 Å². The molecule has 7 nitrogen and oxygen atoms in total. The third-order valence-corrected chi connectivity index (χ3v) is 2.86. The van der Waals surface area contributed by atoms with Crippen molar-refractivity contribution < 1.29 is 24.2 Å². The number of benzene rings is 1. The maximum atomic E-state index is 10.8. The van der Waals surface area contributed by atoms with Crippen molar-refractivity contribution in [1.82, 2.24) is 0 Å². The van der Waals surface area contributed by atoms with Gasteiger partial charge in [-0.1, -0.05) is 11.6 Å². The average molecular weight is 320 g/mol. The highest BCUT2D eigenvalue weighted by Crippen LogP contribution is 2.37. The average Bonchev–Trinajstić information content (AvgIpc) is 2.47. The molecule has 0 aliphatic carbocycles. The lowest BCUT2D eigenvalue weighted by molar-refractivity contribution is -0.385. The van der Waals surface area contributed by atoms with Crippen LogP contribution in [0.4, 0.5) is 5.69 Å². The van der Waals surface area contributed by atoms with Gasteiger partial charge in [0, 0.05) is 38.4 Å². The molecule has 118 valence electrons. The van der Waals surface area contributed by atoms with E-state index in [0.29, 0.717) is 38.4 Å². The largest absolute Gasteiger partial charge is 0.492 e. The van der Waals surface area contributed by atoms with Crippen LogP contribution in [-0.4, -0.2) is 43.6 Å². The standard InChI is InChI=1S/C13H18ClNO6/c1-19-13-9-12(10(14)8-11(13)15(17)18)21-7-3-6-20-5-2-4-16/h8-9,16H,2-7H2,1H3. The minimum Gasteiger partial charge on any atom is -0.492 e. The first-order chi connectivity index (χ1) is 10.1. The molecule has 0 heterocycles. The van der Waals surface area contributed by atoms with E-state index in [9.17, 15) is 10.1 Å². The first kappa shape index (κ1) is 17.5. The zero-order valence-electron chi connectivity index (χ0n) is 11.7. The lowest BCUT2D eigenvalue weighted by atomic mass is 10.2. The molecule has 0 aliphatic heterocycles. The molecule has 0 bridgehead atoms. The Bertz CT molecular complexity index is 468. The number of hydrogen-bond donors (Lipinski definition) is 1. The van der Waals surface area contributed by atoms with Crippen LogP contribution in [0.15, 0.2) is 12.1 Å². The van der Waals surface area contributed by atoms with E-state index >= 15 is 0 Å². The third-order valence-electron chi connectivity index (χ3n) is 2.57. The van der Waals surface area contributed by atoms with Gasteiger partial charge in [-0.2, -0.15) is 0 Å². The molecule has 0 amide bonds. The van der Waals surface area contributed by atoms with Crippen molar-refractivity contribution in [2.24, 2.45) is 0 Å². The topological polar surface area (TPSA) is 91.1 Å². The van der Waals surface area contributed by atoms with Gasteiger partial charge in [0.25, 0.3) is 0 Å². The minimum atomic E-state index is -0.566. The summed E-state index contributed by atoms with van der Waals surface area (Å²) >= 11 is 5.94. The quantitative estimate of drug-likeness (QED) is 0.404. The number of methoxy groups -OCH3 is 1. The molecule has 0 aliphatic rings. The van der Waals surface area contributed by atoms with E-state index in [1.54, 1.807) is 0 Å². The zero-order chi connectivity index (χ0) is 15.7. The molecule has 1 aromatic carbocycles. The second kappa shape index (κ2) is 9.38. The van der Waals surface area contributed by atoms with Crippen molar-refractivity contribution in [3.8, 4) is 11.5 Å². The molecule has 0 atom stereocenters. The van der Waals surface area contributed by atoms with Gasteiger partial charge in [0.15, 0.2) is 0 Å². The van der Waals surface area contributed by atoms with Gasteiger partial charge < -0.3 is 19.3 Å². The molecule has 1 N–H and O–H groups in total. The summed E-state index contributed by atoms with van der Waals surface area (Å²) in [5.74, 6) is 0.424. The molecular formula is C13H18ClNO6. The highest BCUT2D eigenvalue weighted by atomic mass is 35.5. The molecule has 8 heteroatoms. The van der Waals surface area contributed by atoms with Crippen LogP contribution in [0.1, 0.15) is 12.8 Å². The normalized spacial score (nSPS) is 10.4. The van der Waals surface area contributed by atoms with Crippen molar-refractivity contribution in [3.05, 3.63) is 27.3 Å².